The number of carbonyl (C=O) groups excluding carboxylic acids is 4. The summed E-state index contributed by atoms with van der Waals surface area (Å²) < 4.78 is 0. The van der Waals surface area contributed by atoms with Gasteiger partial charge in [-0.25, -0.2) is 0 Å². The van der Waals surface area contributed by atoms with Crippen LogP contribution in [0.5, 0.6) is 5.75 Å². The number of hydrogen-bond acceptors (Lipinski definition) is 10. The fraction of sp³-hybridized carbons (Fsp3) is 0.462. The molecule has 0 fully saturated rings. The number of primary amides is 1. The smallest absolute Gasteiger partial charge is 0.255 e. The fourth-order valence-corrected chi connectivity index (χ4v) is 6.14. The Balaban J connectivity index is 0.00000294. The number of anilines is 1. The molecule has 0 aliphatic heterocycles. The summed E-state index contributed by atoms with van der Waals surface area (Å²) in [6.07, 6.45) is 0.0501. The molecule has 8 N–H and O–H groups in total. The predicted molar refractivity (Wildman–Crippen MR) is 155 cm³/mol. The summed E-state index contributed by atoms with van der Waals surface area (Å²) in [6, 6.07) is 0.371. The van der Waals surface area contributed by atoms with Gasteiger partial charge in [0.2, 0.25) is 11.7 Å². The second-order valence-corrected chi connectivity index (χ2v) is 11.1. The lowest BCUT2D eigenvalue weighted by Gasteiger charge is -2.50. The maximum Gasteiger partial charge on any atom is 0.255 e. The van der Waals surface area contributed by atoms with Crippen LogP contribution in [0.25, 0.3) is 0 Å². The van der Waals surface area contributed by atoms with E-state index < -0.39 is 69.7 Å². The Labute approximate surface area is 253 Å². The number of phenols is 1. The van der Waals surface area contributed by atoms with Crippen LogP contribution < -0.4 is 16.4 Å². The Morgan fingerprint density at radius 1 is 1.20 bits per heavy atom. The maximum absolute atomic E-state index is 13.7. The number of halogens is 3. The quantitative estimate of drug-likeness (QED) is 0.178. The largest absolute Gasteiger partial charge is 0.510 e. The van der Waals surface area contributed by atoms with Gasteiger partial charge >= 0.3 is 0 Å². The molecule has 226 valence electrons. The number of carbonyl (C=O) groups is 4. The number of benzene rings is 1. The van der Waals surface area contributed by atoms with E-state index in [4.69, 9.17) is 17.3 Å². The highest BCUT2D eigenvalue weighted by molar-refractivity contribution is 6.35. The highest BCUT2D eigenvalue weighted by Crippen LogP contribution is 2.53. The number of phenolic OH excluding ortho intramolecular Hbond substituents is 1. The first kappa shape index (κ1) is 34.3. The number of rotatable bonds is 6. The van der Waals surface area contributed by atoms with Gasteiger partial charge in [-0.3, -0.25) is 24.1 Å². The van der Waals surface area contributed by atoms with Crippen LogP contribution in [0.4, 0.5) is 5.69 Å². The number of aliphatic hydroxyl groups excluding tert-OH is 2. The zero-order valence-electron chi connectivity index (χ0n) is 22.6. The van der Waals surface area contributed by atoms with E-state index in [1.54, 1.807) is 14.1 Å². The zero-order chi connectivity index (χ0) is 29.1. The van der Waals surface area contributed by atoms with Gasteiger partial charge in [0.1, 0.15) is 22.8 Å². The molecule has 0 spiro atoms. The van der Waals surface area contributed by atoms with Gasteiger partial charge in [-0.2, -0.15) is 0 Å². The van der Waals surface area contributed by atoms with Crippen LogP contribution >= 0.6 is 36.4 Å². The molecule has 41 heavy (non-hydrogen) atoms. The number of ketones is 2. The molecule has 1 aromatic carbocycles. The topological polar surface area (TPSA) is 203 Å². The third-order valence-corrected chi connectivity index (χ3v) is 7.90. The van der Waals surface area contributed by atoms with E-state index in [-0.39, 0.29) is 72.1 Å². The van der Waals surface area contributed by atoms with E-state index >= 15 is 0 Å². The molecule has 15 heteroatoms. The third kappa shape index (κ3) is 5.40. The number of nitrogens with one attached hydrogen (secondary N) is 2. The number of allylic oxidation sites excluding steroid dienone is 1. The monoisotopic (exact) mass is 634 g/mol. The average Bonchev–Trinajstić information content (AvgIpc) is 2.82. The van der Waals surface area contributed by atoms with Gasteiger partial charge in [0, 0.05) is 17.5 Å². The number of Topliss-reactive ketones (excluding diaryl/α,β-unsaturated/α-hetero) is 2. The summed E-state index contributed by atoms with van der Waals surface area (Å²) in [5.74, 6) is -8.08. The lowest BCUT2D eigenvalue weighted by molar-refractivity contribution is -0.148. The second kappa shape index (κ2) is 12.2. The Bertz CT molecular complexity index is 1380. The van der Waals surface area contributed by atoms with Crippen LogP contribution in [0.1, 0.15) is 36.2 Å². The van der Waals surface area contributed by atoms with Crippen LogP contribution in [-0.4, -0.2) is 87.0 Å². The molecule has 0 bridgehead atoms. The molecular formula is C26H33Cl3N4O8. The van der Waals surface area contributed by atoms with E-state index in [0.29, 0.717) is 5.56 Å². The van der Waals surface area contributed by atoms with Crippen molar-refractivity contribution in [2.45, 2.75) is 44.4 Å². The minimum Gasteiger partial charge on any atom is -0.510 e. The SMILES string of the molecule is CC(C)NCC(=O)Nc1c(Cl)cc2c(c1O)C(=O)C1=C(O)[C@]3(O)C(=O)C(C(N)=O)=C(O)[C@@H](N(C)C)C3CC1C2.Cl.Cl. The first-order chi connectivity index (χ1) is 18.1. The lowest BCUT2D eigenvalue weighted by Crippen LogP contribution is -2.63. The molecular weight excluding hydrogens is 603 g/mol. The number of amides is 2. The molecule has 0 saturated carbocycles. The van der Waals surface area contributed by atoms with Crippen LogP contribution in [0.15, 0.2) is 28.7 Å². The summed E-state index contributed by atoms with van der Waals surface area (Å²) in [5.41, 5.74) is 1.32. The van der Waals surface area contributed by atoms with Crippen molar-refractivity contribution < 1.29 is 39.6 Å². The van der Waals surface area contributed by atoms with E-state index in [9.17, 15) is 39.6 Å². The van der Waals surface area contributed by atoms with Gasteiger partial charge in [-0.15, -0.1) is 24.8 Å². The normalized spacial score (nSPS) is 25.2. The van der Waals surface area contributed by atoms with Crippen molar-refractivity contribution in [1.82, 2.24) is 10.2 Å². The van der Waals surface area contributed by atoms with Crippen LogP contribution in [0.3, 0.4) is 0 Å². The van der Waals surface area contributed by atoms with Gasteiger partial charge in [0.15, 0.2) is 17.1 Å². The van der Waals surface area contributed by atoms with Crippen molar-refractivity contribution in [1.29, 1.82) is 0 Å². The van der Waals surface area contributed by atoms with Crippen molar-refractivity contribution >= 4 is 65.5 Å². The van der Waals surface area contributed by atoms with E-state index in [2.05, 4.69) is 10.6 Å². The molecule has 1 aromatic rings. The molecule has 0 radical (unpaired) electrons. The number of nitrogens with zero attached hydrogens (tertiary/aromatic N) is 1. The molecule has 0 aromatic heterocycles. The van der Waals surface area contributed by atoms with Crippen molar-refractivity contribution in [2.24, 2.45) is 17.6 Å². The van der Waals surface area contributed by atoms with Gasteiger partial charge in [-0.1, -0.05) is 25.4 Å². The summed E-state index contributed by atoms with van der Waals surface area (Å²) in [6.45, 7) is 3.60. The summed E-state index contributed by atoms with van der Waals surface area (Å²) >= 11 is 6.36. The van der Waals surface area contributed by atoms with E-state index in [0.717, 1.165) is 0 Å². The number of aromatic hydroxyl groups is 1. The molecule has 3 aliphatic rings. The number of nitrogens with two attached hydrogens (primary N) is 1. The molecule has 0 saturated heterocycles. The molecule has 4 rings (SSSR count). The third-order valence-electron chi connectivity index (χ3n) is 7.60. The zero-order valence-corrected chi connectivity index (χ0v) is 25.0. The highest BCUT2D eigenvalue weighted by Gasteiger charge is 2.63. The van der Waals surface area contributed by atoms with Crippen molar-refractivity contribution in [3.63, 3.8) is 0 Å². The van der Waals surface area contributed by atoms with Gasteiger partial charge < -0.3 is 36.8 Å². The summed E-state index contributed by atoms with van der Waals surface area (Å²) in [7, 11) is 3.11. The van der Waals surface area contributed by atoms with Crippen molar-refractivity contribution in [3.8, 4) is 5.75 Å². The molecule has 0 heterocycles. The first-order valence-corrected chi connectivity index (χ1v) is 12.7. The molecule has 12 nitrogen and oxygen atoms in total. The van der Waals surface area contributed by atoms with Crippen LogP contribution in [-0.2, 0) is 20.8 Å². The van der Waals surface area contributed by atoms with Crippen molar-refractivity contribution in [2.75, 3.05) is 26.0 Å². The van der Waals surface area contributed by atoms with Crippen LogP contribution in [0, 0.1) is 11.8 Å². The Morgan fingerprint density at radius 2 is 1.80 bits per heavy atom. The average molecular weight is 636 g/mol. The van der Waals surface area contributed by atoms with E-state index in [1.807, 2.05) is 13.8 Å². The standard InChI is InChI=1S/C26H31ClN4O8.2ClH/c1-9(2)29-8-14(32)30-18-13(27)7-11-5-10-6-12-19(31(3)4)22(35)17(25(28)38)24(37)26(12,39)23(36)16(10)20(33)15(11)21(18)34;;/h7,9-10,12,19,29,34-36,39H,5-6,8H2,1-4H3,(H2,28,38)(H,30,32);2*1H/t10?,12?,19-,26-;;/m0../s1. The number of hydrogen-bond donors (Lipinski definition) is 7. The molecule has 4 atom stereocenters. The van der Waals surface area contributed by atoms with Gasteiger partial charge in [0.05, 0.1) is 23.2 Å². The van der Waals surface area contributed by atoms with Crippen LogP contribution in [0.2, 0.25) is 5.02 Å². The summed E-state index contributed by atoms with van der Waals surface area (Å²) in [4.78, 5) is 53.0. The Hall–Kier alpha value is -2.87. The lowest BCUT2D eigenvalue weighted by atomic mass is 9.58. The number of aliphatic hydroxyl groups is 3. The van der Waals surface area contributed by atoms with E-state index in [1.165, 1.54) is 11.0 Å². The Morgan fingerprint density at radius 3 is 2.34 bits per heavy atom. The number of likely N-dealkylation sites (N-methyl/N-ethyl adjacent to an activating group) is 1. The van der Waals surface area contributed by atoms with Gasteiger partial charge in [0.25, 0.3) is 5.91 Å². The highest BCUT2D eigenvalue weighted by atomic mass is 35.5. The van der Waals surface area contributed by atoms with Crippen molar-refractivity contribution in [3.05, 3.63) is 44.9 Å². The summed E-state index contributed by atoms with van der Waals surface area (Å²) in [5, 5.41) is 50.2. The predicted octanol–water partition coefficient (Wildman–Crippen LogP) is 1.55. The number of fused-ring (bicyclic) bond motifs is 3. The fourth-order valence-electron chi connectivity index (χ4n) is 5.87. The molecule has 3 aliphatic carbocycles. The second-order valence-electron chi connectivity index (χ2n) is 10.7. The van der Waals surface area contributed by atoms with Gasteiger partial charge in [-0.05, 0) is 44.5 Å². The molecule has 2 unspecified atom stereocenters. The first-order valence-electron chi connectivity index (χ1n) is 12.3. The Kier molecular flexibility index (Phi) is 10.2. The molecule has 2 amide bonds. The minimum absolute atomic E-state index is 0. The minimum atomic E-state index is -2.73. The maximum atomic E-state index is 13.7.